The van der Waals surface area contributed by atoms with Gasteiger partial charge in [-0.3, -0.25) is 19.2 Å². The summed E-state index contributed by atoms with van der Waals surface area (Å²) in [7, 11) is 0. The first-order valence-corrected chi connectivity index (χ1v) is 11.3. The summed E-state index contributed by atoms with van der Waals surface area (Å²) < 4.78 is 0. The van der Waals surface area contributed by atoms with E-state index in [1.165, 1.54) is 4.90 Å². The van der Waals surface area contributed by atoms with Gasteiger partial charge >= 0.3 is 11.9 Å². The highest BCUT2D eigenvalue weighted by Gasteiger charge is 2.39. The van der Waals surface area contributed by atoms with Crippen molar-refractivity contribution in [3.05, 3.63) is 0 Å². The summed E-state index contributed by atoms with van der Waals surface area (Å²) in [6, 6.07) is -3.99. The van der Waals surface area contributed by atoms with Crippen LogP contribution in [0.4, 0.5) is 0 Å². The molecule has 1 rings (SSSR count). The molecule has 0 spiro atoms. The molecule has 0 saturated carbocycles. The number of hydrogen-bond acceptors (Lipinski definition) is 7. The number of carboxylic acid groups (broad SMARTS) is 2. The molecule has 4 atom stereocenters. The normalized spacial score (nSPS) is 18.5. The topological polar surface area (TPSA) is 205 Å². The number of likely N-dealkylation sites (tertiary alicyclic amines) is 1. The summed E-state index contributed by atoms with van der Waals surface area (Å²) in [5.41, 5.74) is 11.3. The highest BCUT2D eigenvalue weighted by molar-refractivity contribution is 5.94. The molecule has 188 valence electrons. The van der Waals surface area contributed by atoms with Crippen molar-refractivity contribution >= 4 is 29.7 Å². The van der Waals surface area contributed by atoms with Crippen LogP contribution in [0.5, 0.6) is 0 Å². The van der Waals surface area contributed by atoms with Crippen LogP contribution in [-0.4, -0.2) is 82.0 Å². The minimum atomic E-state index is -1.10. The molecule has 1 fully saturated rings. The number of nitrogens with zero attached hydrogens (tertiary/aromatic N) is 1. The largest absolute Gasteiger partial charge is 0.481 e. The SMILES string of the molecule is CC(C)C(NC(=O)C(CCCCN)NC(=O)C(N)CCC(=O)O)C(=O)N1CCCC1C(=O)O. The van der Waals surface area contributed by atoms with Gasteiger partial charge in [-0.15, -0.1) is 0 Å². The van der Waals surface area contributed by atoms with E-state index < -0.39 is 53.8 Å². The second kappa shape index (κ2) is 13.7. The first kappa shape index (κ1) is 28.3. The van der Waals surface area contributed by atoms with Crippen LogP contribution in [0.2, 0.25) is 0 Å². The van der Waals surface area contributed by atoms with E-state index in [1.54, 1.807) is 13.8 Å². The lowest BCUT2D eigenvalue weighted by Crippen LogP contribution is -2.58. The molecule has 1 aliphatic heterocycles. The molecule has 1 heterocycles. The van der Waals surface area contributed by atoms with Crippen LogP contribution in [0.15, 0.2) is 0 Å². The maximum absolute atomic E-state index is 13.1. The lowest BCUT2D eigenvalue weighted by atomic mass is 10.0. The predicted octanol–water partition coefficient (Wildman–Crippen LogP) is -0.991. The van der Waals surface area contributed by atoms with E-state index in [2.05, 4.69) is 10.6 Å². The Morgan fingerprint density at radius 1 is 1.03 bits per heavy atom. The van der Waals surface area contributed by atoms with Crippen LogP contribution >= 0.6 is 0 Å². The van der Waals surface area contributed by atoms with Crippen LogP contribution < -0.4 is 22.1 Å². The highest BCUT2D eigenvalue weighted by Crippen LogP contribution is 2.20. The Hall–Kier alpha value is -2.73. The molecule has 0 aromatic rings. The molecule has 1 aliphatic rings. The smallest absolute Gasteiger partial charge is 0.326 e. The van der Waals surface area contributed by atoms with Gasteiger partial charge in [-0.2, -0.15) is 0 Å². The van der Waals surface area contributed by atoms with E-state index in [1.807, 2.05) is 0 Å². The maximum Gasteiger partial charge on any atom is 0.326 e. The highest BCUT2D eigenvalue weighted by atomic mass is 16.4. The molecule has 0 radical (unpaired) electrons. The summed E-state index contributed by atoms with van der Waals surface area (Å²) in [6.45, 7) is 4.17. The first-order chi connectivity index (χ1) is 15.5. The molecule has 0 bridgehead atoms. The van der Waals surface area contributed by atoms with Gasteiger partial charge in [-0.1, -0.05) is 13.8 Å². The summed E-state index contributed by atoms with van der Waals surface area (Å²) >= 11 is 0. The molecule has 1 saturated heterocycles. The van der Waals surface area contributed by atoms with Gasteiger partial charge < -0.3 is 37.2 Å². The minimum absolute atomic E-state index is 0.0864. The number of rotatable bonds is 14. The lowest BCUT2D eigenvalue weighted by molar-refractivity contribution is -0.150. The molecule has 4 unspecified atom stereocenters. The molecular formula is C21H37N5O7. The van der Waals surface area contributed by atoms with Crippen molar-refractivity contribution in [2.24, 2.45) is 17.4 Å². The van der Waals surface area contributed by atoms with Gasteiger partial charge in [0.2, 0.25) is 17.7 Å². The van der Waals surface area contributed by atoms with Crippen LogP contribution in [0.3, 0.4) is 0 Å². The fourth-order valence-electron chi connectivity index (χ4n) is 3.68. The van der Waals surface area contributed by atoms with Crippen LogP contribution in [0.1, 0.15) is 58.8 Å². The minimum Gasteiger partial charge on any atom is -0.481 e. The van der Waals surface area contributed by atoms with E-state index in [-0.39, 0.29) is 25.2 Å². The summed E-state index contributed by atoms with van der Waals surface area (Å²) in [6.07, 6.45) is 1.94. The van der Waals surface area contributed by atoms with E-state index in [9.17, 15) is 29.1 Å². The standard InChI is InChI=1S/C21H37N5O7/c1-12(2)17(20(31)26-11-5-7-15(26)21(32)33)25-19(30)14(6-3-4-10-22)24-18(29)13(23)8-9-16(27)28/h12-15,17H,3-11,22-23H2,1-2H3,(H,24,29)(H,25,30)(H,27,28)(H,32,33). The second-order valence-corrected chi connectivity index (χ2v) is 8.64. The number of nitrogens with two attached hydrogens (primary N) is 2. The Morgan fingerprint density at radius 3 is 2.24 bits per heavy atom. The molecule has 3 amide bonds. The summed E-state index contributed by atoms with van der Waals surface area (Å²) in [5, 5.41) is 23.4. The lowest BCUT2D eigenvalue weighted by Gasteiger charge is -2.30. The van der Waals surface area contributed by atoms with Gasteiger partial charge in [0, 0.05) is 13.0 Å². The van der Waals surface area contributed by atoms with Gasteiger partial charge in [0.25, 0.3) is 0 Å². The van der Waals surface area contributed by atoms with Crippen molar-refractivity contribution in [2.45, 2.75) is 83.0 Å². The number of amides is 3. The molecule has 0 aliphatic carbocycles. The van der Waals surface area contributed by atoms with E-state index >= 15 is 0 Å². The number of carboxylic acids is 2. The van der Waals surface area contributed by atoms with Crippen LogP contribution in [0.25, 0.3) is 0 Å². The zero-order valence-corrected chi connectivity index (χ0v) is 19.3. The number of carbonyl (C=O) groups excluding carboxylic acids is 3. The third-order valence-corrected chi connectivity index (χ3v) is 5.64. The Kier molecular flexibility index (Phi) is 11.8. The third kappa shape index (κ3) is 8.97. The molecule has 12 nitrogen and oxygen atoms in total. The summed E-state index contributed by atoms with van der Waals surface area (Å²) in [5.74, 6) is -4.23. The van der Waals surface area contributed by atoms with Crippen LogP contribution in [0, 0.1) is 5.92 Å². The monoisotopic (exact) mass is 471 g/mol. The van der Waals surface area contributed by atoms with E-state index in [4.69, 9.17) is 16.6 Å². The molecule has 8 N–H and O–H groups in total. The van der Waals surface area contributed by atoms with Gasteiger partial charge in [-0.05, 0) is 51.0 Å². The number of nitrogens with one attached hydrogen (secondary N) is 2. The van der Waals surface area contributed by atoms with Crippen molar-refractivity contribution in [3.8, 4) is 0 Å². The van der Waals surface area contributed by atoms with Gasteiger partial charge in [0.1, 0.15) is 18.1 Å². The van der Waals surface area contributed by atoms with Gasteiger partial charge in [0.05, 0.1) is 6.04 Å². The Morgan fingerprint density at radius 2 is 1.70 bits per heavy atom. The molecule has 12 heteroatoms. The number of aliphatic carboxylic acids is 2. The molecular weight excluding hydrogens is 434 g/mol. The zero-order chi connectivity index (χ0) is 25.1. The maximum atomic E-state index is 13.1. The molecule has 0 aromatic heterocycles. The summed E-state index contributed by atoms with van der Waals surface area (Å²) in [4.78, 5) is 62.0. The van der Waals surface area contributed by atoms with Crippen molar-refractivity contribution in [2.75, 3.05) is 13.1 Å². The Labute approximate surface area is 193 Å². The van der Waals surface area contributed by atoms with Crippen LogP contribution in [-0.2, 0) is 24.0 Å². The zero-order valence-electron chi connectivity index (χ0n) is 19.3. The van der Waals surface area contributed by atoms with E-state index in [0.29, 0.717) is 38.8 Å². The van der Waals surface area contributed by atoms with Crippen molar-refractivity contribution in [3.63, 3.8) is 0 Å². The predicted molar refractivity (Wildman–Crippen MR) is 119 cm³/mol. The quantitative estimate of drug-likeness (QED) is 0.172. The Bertz CT molecular complexity index is 715. The third-order valence-electron chi connectivity index (χ3n) is 5.64. The number of hydrogen-bond donors (Lipinski definition) is 6. The van der Waals surface area contributed by atoms with Gasteiger partial charge in [0.15, 0.2) is 0 Å². The van der Waals surface area contributed by atoms with Gasteiger partial charge in [-0.25, -0.2) is 4.79 Å². The second-order valence-electron chi connectivity index (χ2n) is 8.64. The van der Waals surface area contributed by atoms with Crippen molar-refractivity contribution < 1.29 is 34.2 Å². The van der Waals surface area contributed by atoms with E-state index in [0.717, 1.165) is 0 Å². The number of carbonyl (C=O) groups is 5. The fraction of sp³-hybridized carbons (Fsp3) is 0.762. The molecule has 33 heavy (non-hydrogen) atoms. The van der Waals surface area contributed by atoms with Crippen molar-refractivity contribution in [1.29, 1.82) is 0 Å². The number of unbranched alkanes of at least 4 members (excludes halogenated alkanes) is 1. The average Bonchev–Trinajstić information content (AvgIpc) is 3.24. The first-order valence-electron chi connectivity index (χ1n) is 11.3. The average molecular weight is 472 g/mol. The van der Waals surface area contributed by atoms with Crippen molar-refractivity contribution in [1.82, 2.24) is 15.5 Å². The Balaban J connectivity index is 2.92. The molecule has 0 aromatic carbocycles. The fourth-order valence-corrected chi connectivity index (χ4v) is 3.68.